The molecular formula is C22H23BrFNO4. The summed E-state index contributed by atoms with van der Waals surface area (Å²) in [4.78, 5) is 14.2. The predicted octanol–water partition coefficient (Wildman–Crippen LogP) is 4.84. The molecular weight excluding hydrogens is 441 g/mol. The first kappa shape index (κ1) is 22.5. The number of halogens is 2. The lowest BCUT2D eigenvalue weighted by Gasteiger charge is -2.20. The first-order valence-corrected chi connectivity index (χ1v) is 9.54. The van der Waals surface area contributed by atoms with Crippen LogP contribution in [0.5, 0.6) is 17.2 Å². The maximum absolute atomic E-state index is 14.1. The molecule has 0 aliphatic rings. The zero-order valence-corrected chi connectivity index (χ0v) is 18.2. The van der Waals surface area contributed by atoms with E-state index in [0.29, 0.717) is 28.4 Å². The van der Waals surface area contributed by atoms with Crippen molar-refractivity contribution in [3.63, 3.8) is 0 Å². The molecule has 2 aromatic rings. The lowest BCUT2D eigenvalue weighted by molar-refractivity contribution is -0.126. The molecule has 0 saturated heterocycles. The molecule has 0 radical (unpaired) electrons. The Hall–Kier alpha value is -2.80. The van der Waals surface area contributed by atoms with Gasteiger partial charge in [-0.2, -0.15) is 0 Å². The molecule has 0 aliphatic carbocycles. The maximum Gasteiger partial charge on any atom is 0.247 e. The van der Waals surface area contributed by atoms with Crippen LogP contribution in [0.1, 0.15) is 11.1 Å². The summed E-state index contributed by atoms with van der Waals surface area (Å²) in [6.07, 6.45) is 4.65. The van der Waals surface area contributed by atoms with Crippen molar-refractivity contribution in [2.24, 2.45) is 0 Å². The van der Waals surface area contributed by atoms with Gasteiger partial charge in [-0.25, -0.2) is 4.39 Å². The fourth-order valence-electron chi connectivity index (χ4n) is 2.73. The standard InChI is InChI=1S/C22H23BrFNO4/c1-5-10-25(14-16-13-17(23)7-8-18(16)24)21(26)9-6-15-11-19(27-2)22(29-4)20(12-15)28-3/h5-9,11-13H,1,10,14H2,2-4H3. The summed E-state index contributed by atoms with van der Waals surface area (Å²) in [7, 11) is 4.57. The Morgan fingerprint density at radius 1 is 1.14 bits per heavy atom. The van der Waals surface area contributed by atoms with Crippen molar-refractivity contribution in [3.05, 3.63) is 70.5 Å². The van der Waals surface area contributed by atoms with Gasteiger partial charge in [0.05, 0.1) is 21.3 Å². The number of carbonyl (C=O) groups excluding carboxylic acids is 1. The summed E-state index contributed by atoms with van der Waals surface area (Å²) in [6, 6.07) is 8.10. The van der Waals surface area contributed by atoms with Gasteiger partial charge in [-0.15, -0.1) is 6.58 Å². The first-order valence-electron chi connectivity index (χ1n) is 8.75. The fourth-order valence-corrected chi connectivity index (χ4v) is 3.14. The van der Waals surface area contributed by atoms with Crippen LogP contribution < -0.4 is 14.2 Å². The molecule has 0 atom stereocenters. The normalized spacial score (nSPS) is 10.7. The van der Waals surface area contributed by atoms with Crippen LogP contribution in [0.3, 0.4) is 0 Å². The molecule has 0 saturated carbocycles. The Kier molecular flexibility index (Phi) is 8.27. The van der Waals surface area contributed by atoms with Crippen LogP contribution >= 0.6 is 15.9 Å². The number of nitrogens with zero attached hydrogens (tertiary/aromatic N) is 1. The smallest absolute Gasteiger partial charge is 0.247 e. The largest absolute Gasteiger partial charge is 0.493 e. The monoisotopic (exact) mass is 463 g/mol. The molecule has 2 rings (SSSR count). The number of rotatable bonds is 9. The zero-order chi connectivity index (χ0) is 21.4. The van der Waals surface area contributed by atoms with Crippen molar-refractivity contribution >= 4 is 27.9 Å². The Morgan fingerprint density at radius 2 is 1.79 bits per heavy atom. The molecule has 0 unspecified atom stereocenters. The molecule has 0 N–H and O–H groups in total. The number of ether oxygens (including phenoxy) is 3. The van der Waals surface area contributed by atoms with E-state index in [1.807, 2.05) is 0 Å². The number of carbonyl (C=O) groups is 1. The highest BCUT2D eigenvalue weighted by molar-refractivity contribution is 9.10. The van der Waals surface area contributed by atoms with E-state index in [0.717, 1.165) is 4.47 Å². The van der Waals surface area contributed by atoms with Crippen molar-refractivity contribution in [2.45, 2.75) is 6.54 Å². The Bertz CT molecular complexity index is 889. The first-order chi connectivity index (χ1) is 13.9. The lowest BCUT2D eigenvalue weighted by atomic mass is 10.1. The van der Waals surface area contributed by atoms with Gasteiger partial charge >= 0.3 is 0 Å². The molecule has 0 fully saturated rings. The minimum Gasteiger partial charge on any atom is -0.493 e. The van der Waals surface area contributed by atoms with Crippen LogP contribution in [0.2, 0.25) is 0 Å². The summed E-state index contributed by atoms with van der Waals surface area (Å²) in [5.74, 6) is 0.787. The van der Waals surface area contributed by atoms with Crippen LogP contribution in [0.15, 0.2) is 53.5 Å². The van der Waals surface area contributed by atoms with Gasteiger partial charge < -0.3 is 19.1 Å². The van der Waals surface area contributed by atoms with Gasteiger partial charge in [0.15, 0.2) is 11.5 Å². The average Bonchev–Trinajstić information content (AvgIpc) is 2.73. The van der Waals surface area contributed by atoms with Crippen LogP contribution in [0.4, 0.5) is 4.39 Å². The third kappa shape index (κ3) is 5.84. The molecule has 0 spiro atoms. The molecule has 0 heterocycles. The topological polar surface area (TPSA) is 48.0 Å². The molecule has 5 nitrogen and oxygen atoms in total. The van der Waals surface area contributed by atoms with Gasteiger partial charge in [0.25, 0.3) is 0 Å². The van der Waals surface area contributed by atoms with Crippen LogP contribution in [0, 0.1) is 5.82 Å². The Balaban J connectivity index is 2.26. The summed E-state index contributed by atoms with van der Waals surface area (Å²) < 4.78 is 30.8. The van der Waals surface area contributed by atoms with Gasteiger partial charge in [-0.05, 0) is 42.0 Å². The summed E-state index contributed by atoms with van der Waals surface area (Å²) in [6.45, 7) is 4.08. The summed E-state index contributed by atoms with van der Waals surface area (Å²) in [5, 5.41) is 0. The fraction of sp³-hybridized carbons (Fsp3) is 0.227. The van der Waals surface area contributed by atoms with Crippen molar-refractivity contribution in [3.8, 4) is 17.2 Å². The average molecular weight is 464 g/mol. The highest BCUT2D eigenvalue weighted by atomic mass is 79.9. The second-order valence-corrected chi connectivity index (χ2v) is 6.95. The Morgan fingerprint density at radius 3 is 2.34 bits per heavy atom. The predicted molar refractivity (Wildman–Crippen MR) is 115 cm³/mol. The SMILES string of the molecule is C=CCN(Cc1cc(Br)ccc1F)C(=O)C=Cc1cc(OC)c(OC)c(OC)c1. The van der Waals surface area contributed by atoms with E-state index in [4.69, 9.17) is 14.2 Å². The molecule has 154 valence electrons. The van der Waals surface area contributed by atoms with Gasteiger partial charge in [0.1, 0.15) is 5.82 Å². The number of benzene rings is 2. The molecule has 0 aromatic heterocycles. The third-order valence-electron chi connectivity index (χ3n) is 4.14. The van der Waals surface area contributed by atoms with Crippen LogP contribution in [-0.2, 0) is 11.3 Å². The van der Waals surface area contributed by atoms with Crippen LogP contribution in [0.25, 0.3) is 6.08 Å². The number of amides is 1. The molecule has 0 bridgehead atoms. The minimum absolute atomic E-state index is 0.121. The third-order valence-corrected chi connectivity index (χ3v) is 4.63. The second-order valence-electron chi connectivity index (χ2n) is 6.04. The van der Waals surface area contributed by atoms with E-state index in [2.05, 4.69) is 22.5 Å². The lowest BCUT2D eigenvalue weighted by Crippen LogP contribution is -2.29. The zero-order valence-electron chi connectivity index (χ0n) is 16.6. The number of hydrogen-bond acceptors (Lipinski definition) is 4. The van der Waals surface area contributed by atoms with Crippen LogP contribution in [-0.4, -0.2) is 38.7 Å². The quantitative estimate of drug-likeness (QED) is 0.394. The molecule has 0 aliphatic heterocycles. The van der Waals surface area contributed by atoms with Crippen molar-refractivity contribution < 1.29 is 23.4 Å². The molecule has 1 amide bonds. The van der Waals surface area contributed by atoms with Gasteiger partial charge in [0.2, 0.25) is 11.7 Å². The van der Waals surface area contributed by atoms with Crippen molar-refractivity contribution in [2.75, 3.05) is 27.9 Å². The Labute approximate surface area is 178 Å². The van der Waals surface area contributed by atoms with Crippen molar-refractivity contribution in [1.29, 1.82) is 0 Å². The maximum atomic E-state index is 14.1. The van der Waals surface area contributed by atoms with E-state index < -0.39 is 0 Å². The number of hydrogen-bond donors (Lipinski definition) is 0. The van der Waals surface area contributed by atoms with Gasteiger partial charge in [0, 0.05) is 29.2 Å². The van der Waals surface area contributed by atoms with E-state index in [9.17, 15) is 9.18 Å². The minimum atomic E-state index is -0.372. The molecule has 29 heavy (non-hydrogen) atoms. The van der Waals surface area contributed by atoms with Gasteiger partial charge in [-0.1, -0.05) is 22.0 Å². The van der Waals surface area contributed by atoms with E-state index in [1.54, 1.807) is 36.4 Å². The highest BCUT2D eigenvalue weighted by Gasteiger charge is 2.15. The number of methoxy groups -OCH3 is 3. The second kappa shape index (κ2) is 10.7. The summed E-state index contributed by atoms with van der Waals surface area (Å²) in [5.41, 5.74) is 1.11. The van der Waals surface area contributed by atoms with E-state index in [1.165, 1.54) is 38.4 Å². The highest BCUT2D eigenvalue weighted by Crippen LogP contribution is 2.38. The van der Waals surface area contributed by atoms with E-state index in [-0.39, 0.29) is 24.8 Å². The van der Waals surface area contributed by atoms with E-state index >= 15 is 0 Å². The van der Waals surface area contributed by atoms with Crippen molar-refractivity contribution in [1.82, 2.24) is 4.90 Å². The molecule has 2 aromatic carbocycles. The van der Waals surface area contributed by atoms with Gasteiger partial charge in [-0.3, -0.25) is 4.79 Å². The molecule has 7 heteroatoms. The summed E-state index contributed by atoms with van der Waals surface area (Å²) >= 11 is 3.32.